The second-order valence-corrected chi connectivity index (χ2v) is 2.86. The van der Waals surface area contributed by atoms with Crippen LogP contribution in [0.1, 0.15) is 26.1 Å². The molecule has 0 amide bonds. The smallest absolute Gasteiger partial charge is 0.239 e. The number of hydrogen-bond acceptors (Lipinski definition) is 3. The molecule has 0 saturated heterocycles. The van der Waals surface area contributed by atoms with Gasteiger partial charge in [-0.15, -0.1) is 5.10 Å². The summed E-state index contributed by atoms with van der Waals surface area (Å²) in [5, 5.41) is 6.53. The third-order valence-electron chi connectivity index (χ3n) is 1.79. The summed E-state index contributed by atoms with van der Waals surface area (Å²) in [6.45, 7) is 4.34. The van der Waals surface area contributed by atoms with E-state index >= 15 is 0 Å². The molecule has 1 aromatic rings. The summed E-state index contributed by atoms with van der Waals surface area (Å²) < 4.78 is 0. The van der Waals surface area contributed by atoms with Crippen LogP contribution in [0.3, 0.4) is 0 Å². The molecule has 0 aliphatic carbocycles. The van der Waals surface area contributed by atoms with Crippen LogP contribution >= 0.6 is 0 Å². The fraction of sp³-hybridized carbons (Fsp3) is 0.714. The van der Waals surface area contributed by atoms with Gasteiger partial charge < -0.3 is 5.73 Å². The first kappa shape index (κ1) is 8.04. The Labute approximate surface area is 66.2 Å². The predicted octanol–water partition coefficient (Wildman–Crippen LogP) is 0.975. The van der Waals surface area contributed by atoms with Gasteiger partial charge in [-0.3, -0.25) is 5.10 Å². The molecule has 0 bridgehead atoms. The van der Waals surface area contributed by atoms with E-state index in [4.69, 9.17) is 5.73 Å². The van der Waals surface area contributed by atoms with Crippen molar-refractivity contribution in [3.05, 3.63) is 5.82 Å². The molecule has 0 fully saturated rings. The van der Waals surface area contributed by atoms with Crippen LogP contribution in [0.2, 0.25) is 0 Å². The van der Waals surface area contributed by atoms with Gasteiger partial charge in [0.15, 0.2) is 0 Å². The van der Waals surface area contributed by atoms with Crippen LogP contribution in [0.15, 0.2) is 0 Å². The molecule has 0 aliphatic rings. The lowest BCUT2D eigenvalue weighted by atomic mass is 10.1. The van der Waals surface area contributed by atoms with Gasteiger partial charge in [0.2, 0.25) is 5.95 Å². The fourth-order valence-corrected chi connectivity index (χ4v) is 0.876. The van der Waals surface area contributed by atoms with E-state index in [0.29, 0.717) is 11.9 Å². The fourth-order valence-electron chi connectivity index (χ4n) is 0.876. The number of H-pyrrole nitrogens is 1. The van der Waals surface area contributed by atoms with Crippen molar-refractivity contribution in [1.82, 2.24) is 15.2 Å². The highest BCUT2D eigenvalue weighted by molar-refractivity contribution is 5.12. The predicted molar refractivity (Wildman–Crippen MR) is 44.0 cm³/mol. The summed E-state index contributed by atoms with van der Waals surface area (Å²) in [6, 6.07) is 0. The third kappa shape index (κ3) is 2.22. The Hall–Kier alpha value is -1.06. The van der Waals surface area contributed by atoms with Crippen LogP contribution in [0.4, 0.5) is 5.95 Å². The number of aromatic amines is 1. The van der Waals surface area contributed by atoms with Crippen molar-refractivity contribution in [3.8, 4) is 0 Å². The van der Waals surface area contributed by atoms with Crippen molar-refractivity contribution in [2.45, 2.75) is 26.7 Å². The van der Waals surface area contributed by atoms with Crippen molar-refractivity contribution in [3.63, 3.8) is 0 Å². The van der Waals surface area contributed by atoms with E-state index < -0.39 is 0 Å². The largest absolute Gasteiger partial charge is 0.367 e. The van der Waals surface area contributed by atoms with Crippen molar-refractivity contribution < 1.29 is 0 Å². The first-order valence-electron chi connectivity index (χ1n) is 3.89. The molecule has 1 rings (SSSR count). The first-order valence-corrected chi connectivity index (χ1v) is 3.89. The molecule has 1 aromatic heterocycles. The summed E-state index contributed by atoms with van der Waals surface area (Å²) in [6.07, 6.45) is 2.08. The van der Waals surface area contributed by atoms with E-state index in [2.05, 4.69) is 29.0 Å². The van der Waals surface area contributed by atoms with Crippen LogP contribution in [0.25, 0.3) is 0 Å². The van der Waals surface area contributed by atoms with Crippen molar-refractivity contribution in [2.75, 3.05) is 5.73 Å². The monoisotopic (exact) mass is 154 g/mol. The summed E-state index contributed by atoms with van der Waals surface area (Å²) in [5.74, 6) is 1.86. The van der Waals surface area contributed by atoms with Gasteiger partial charge in [-0.2, -0.15) is 4.98 Å². The Balaban J connectivity index is 2.50. The Bertz CT molecular complexity index is 218. The molecule has 62 valence electrons. The SMILES string of the molecule is CCC(C)Cc1nc(N)n[nH]1. The quantitative estimate of drug-likeness (QED) is 0.681. The van der Waals surface area contributed by atoms with E-state index in [1.54, 1.807) is 0 Å². The summed E-state index contributed by atoms with van der Waals surface area (Å²) in [5.41, 5.74) is 5.34. The Morgan fingerprint density at radius 3 is 2.82 bits per heavy atom. The second kappa shape index (κ2) is 3.37. The second-order valence-electron chi connectivity index (χ2n) is 2.86. The molecule has 1 heterocycles. The molecule has 0 aliphatic heterocycles. The van der Waals surface area contributed by atoms with Gasteiger partial charge in [0, 0.05) is 6.42 Å². The molecule has 0 saturated carbocycles. The van der Waals surface area contributed by atoms with E-state index in [-0.39, 0.29) is 0 Å². The van der Waals surface area contributed by atoms with Crippen LogP contribution in [-0.2, 0) is 6.42 Å². The van der Waals surface area contributed by atoms with Gasteiger partial charge in [0.25, 0.3) is 0 Å². The van der Waals surface area contributed by atoms with Crippen LogP contribution in [0.5, 0.6) is 0 Å². The van der Waals surface area contributed by atoms with Gasteiger partial charge in [-0.05, 0) is 5.92 Å². The van der Waals surface area contributed by atoms with Crippen LogP contribution < -0.4 is 5.73 Å². The third-order valence-corrected chi connectivity index (χ3v) is 1.79. The topological polar surface area (TPSA) is 67.6 Å². The Kier molecular flexibility index (Phi) is 2.46. The molecular weight excluding hydrogens is 140 g/mol. The van der Waals surface area contributed by atoms with E-state index in [0.717, 1.165) is 18.7 Å². The van der Waals surface area contributed by atoms with E-state index in [1.807, 2.05) is 0 Å². The Morgan fingerprint density at radius 1 is 1.64 bits per heavy atom. The molecule has 1 unspecified atom stereocenters. The maximum absolute atomic E-state index is 5.34. The summed E-state index contributed by atoms with van der Waals surface area (Å²) >= 11 is 0. The number of hydrogen-bond donors (Lipinski definition) is 2. The van der Waals surface area contributed by atoms with Gasteiger partial charge >= 0.3 is 0 Å². The molecule has 4 nitrogen and oxygen atoms in total. The highest BCUT2D eigenvalue weighted by Crippen LogP contribution is 2.07. The number of anilines is 1. The highest BCUT2D eigenvalue weighted by Gasteiger charge is 2.04. The van der Waals surface area contributed by atoms with Crippen molar-refractivity contribution in [1.29, 1.82) is 0 Å². The number of nitrogens with two attached hydrogens (primary N) is 1. The average Bonchev–Trinajstić information content (AvgIpc) is 2.35. The summed E-state index contributed by atoms with van der Waals surface area (Å²) in [7, 11) is 0. The number of nitrogen functional groups attached to an aromatic ring is 1. The molecule has 4 heteroatoms. The average molecular weight is 154 g/mol. The maximum atomic E-state index is 5.34. The normalized spacial score (nSPS) is 13.3. The van der Waals surface area contributed by atoms with Gasteiger partial charge in [-0.1, -0.05) is 20.3 Å². The Morgan fingerprint density at radius 2 is 2.36 bits per heavy atom. The highest BCUT2D eigenvalue weighted by atomic mass is 15.3. The number of aromatic nitrogens is 3. The molecule has 1 atom stereocenters. The molecule has 11 heavy (non-hydrogen) atoms. The maximum Gasteiger partial charge on any atom is 0.239 e. The molecular formula is C7H14N4. The van der Waals surface area contributed by atoms with E-state index in [9.17, 15) is 0 Å². The lowest BCUT2D eigenvalue weighted by molar-refractivity contribution is 0.544. The molecule has 3 N–H and O–H groups in total. The van der Waals surface area contributed by atoms with Crippen LogP contribution in [-0.4, -0.2) is 15.2 Å². The first-order chi connectivity index (χ1) is 5.22. The van der Waals surface area contributed by atoms with Gasteiger partial charge in [0.05, 0.1) is 0 Å². The lowest BCUT2D eigenvalue weighted by Gasteiger charge is -2.02. The minimum Gasteiger partial charge on any atom is -0.367 e. The zero-order chi connectivity index (χ0) is 8.27. The molecule has 0 spiro atoms. The van der Waals surface area contributed by atoms with Gasteiger partial charge in [0.1, 0.15) is 5.82 Å². The van der Waals surface area contributed by atoms with Crippen molar-refractivity contribution >= 4 is 5.95 Å². The summed E-state index contributed by atoms with van der Waals surface area (Å²) in [4.78, 5) is 4.01. The standard InChI is InChI=1S/C7H14N4/c1-3-5(2)4-6-9-7(8)11-10-6/h5H,3-4H2,1-2H3,(H3,8,9,10,11). The zero-order valence-electron chi connectivity index (χ0n) is 6.96. The van der Waals surface area contributed by atoms with Gasteiger partial charge in [-0.25, -0.2) is 0 Å². The van der Waals surface area contributed by atoms with Crippen LogP contribution in [0, 0.1) is 5.92 Å². The van der Waals surface area contributed by atoms with Crippen molar-refractivity contribution in [2.24, 2.45) is 5.92 Å². The number of nitrogens with one attached hydrogen (secondary N) is 1. The number of nitrogens with zero attached hydrogens (tertiary/aromatic N) is 2. The lowest BCUT2D eigenvalue weighted by Crippen LogP contribution is -1.99. The molecule has 0 aromatic carbocycles. The van der Waals surface area contributed by atoms with E-state index in [1.165, 1.54) is 0 Å². The zero-order valence-corrected chi connectivity index (χ0v) is 6.96. The number of rotatable bonds is 3. The minimum absolute atomic E-state index is 0.336. The molecule has 0 radical (unpaired) electrons. The minimum atomic E-state index is 0.336.